The first-order valence-electron chi connectivity index (χ1n) is 10.2. The van der Waals surface area contributed by atoms with Gasteiger partial charge in [0, 0.05) is 22.5 Å². The lowest BCUT2D eigenvalue weighted by Crippen LogP contribution is -2.36. The molecule has 4 aromatic rings. The van der Waals surface area contributed by atoms with Crippen molar-refractivity contribution in [2.24, 2.45) is 0 Å². The van der Waals surface area contributed by atoms with Gasteiger partial charge in [0.25, 0.3) is 0 Å². The summed E-state index contributed by atoms with van der Waals surface area (Å²) in [5.41, 5.74) is 5.82. The number of carbonyl (C=O) groups is 1. The van der Waals surface area contributed by atoms with Gasteiger partial charge in [-0.1, -0.05) is 88.2 Å². The Bertz CT molecular complexity index is 1250. The molecule has 1 aliphatic heterocycles. The Balaban J connectivity index is 1.68. The molecule has 1 amide bonds. The number of amides is 1. The van der Waals surface area contributed by atoms with E-state index in [0.29, 0.717) is 13.0 Å². The molecule has 5 rings (SSSR count). The Morgan fingerprint density at radius 1 is 0.933 bits per heavy atom. The highest BCUT2D eigenvalue weighted by atomic mass is 79.9. The predicted molar refractivity (Wildman–Crippen MR) is 127 cm³/mol. The van der Waals surface area contributed by atoms with Gasteiger partial charge in [-0.3, -0.25) is 4.79 Å². The van der Waals surface area contributed by atoms with Crippen molar-refractivity contribution < 1.29 is 4.79 Å². The zero-order valence-electron chi connectivity index (χ0n) is 16.8. The molecule has 0 saturated heterocycles. The molecule has 1 atom stereocenters. The molecule has 0 saturated carbocycles. The Morgan fingerprint density at radius 2 is 1.73 bits per heavy atom. The highest BCUT2D eigenvalue weighted by Crippen LogP contribution is 2.44. The van der Waals surface area contributed by atoms with E-state index in [1.807, 2.05) is 17.0 Å². The minimum absolute atomic E-state index is 0.0466. The summed E-state index contributed by atoms with van der Waals surface area (Å²) < 4.78 is 1.04. The summed E-state index contributed by atoms with van der Waals surface area (Å²) in [6.07, 6.45) is 0.476. The largest absolute Gasteiger partial charge is 0.308 e. The average Bonchev–Trinajstić information content (AvgIpc) is 2.76. The maximum atomic E-state index is 13.3. The molecule has 1 unspecified atom stereocenters. The van der Waals surface area contributed by atoms with Gasteiger partial charge in [0.15, 0.2) is 0 Å². The lowest BCUT2D eigenvalue weighted by molar-refractivity contribution is -0.119. The van der Waals surface area contributed by atoms with Gasteiger partial charge in [-0.15, -0.1) is 0 Å². The van der Waals surface area contributed by atoms with E-state index in [2.05, 4.69) is 95.7 Å². The standard InChI is InChI=1S/C27H22BrNO/c1-18-9-11-19(12-10-18)17-29-25-14-13-20-5-2-3-8-23(20)27(25)24(16-26(29)30)21-6-4-7-22(28)15-21/h2-15,24H,16-17H2,1H3. The van der Waals surface area contributed by atoms with Crippen LogP contribution in [0.25, 0.3) is 10.8 Å². The lowest BCUT2D eigenvalue weighted by Gasteiger charge is -2.35. The molecule has 0 radical (unpaired) electrons. The van der Waals surface area contributed by atoms with Crippen LogP contribution in [0, 0.1) is 6.92 Å². The molecule has 0 fully saturated rings. The molecule has 4 aromatic carbocycles. The Labute approximate surface area is 185 Å². The molecular formula is C27H22BrNO. The van der Waals surface area contributed by atoms with Crippen molar-refractivity contribution in [1.29, 1.82) is 0 Å². The van der Waals surface area contributed by atoms with E-state index in [-0.39, 0.29) is 11.8 Å². The first kappa shape index (κ1) is 19.1. The second kappa shape index (κ2) is 7.73. The van der Waals surface area contributed by atoms with Crippen LogP contribution in [0.15, 0.2) is 89.4 Å². The molecule has 0 aromatic heterocycles. The van der Waals surface area contributed by atoms with Crippen LogP contribution in [-0.4, -0.2) is 5.91 Å². The predicted octanol–water partition coefficient (Wildman–Crippen LogP) is 6.98. The van der Waals surface area contributed by atoms with Gasteiger partial charge in [0.1, 0.15) is 0 Å². The van der Waals surface area contributed by atoms with Crippen LogP contribution in [0.3, 0.4) is 0 Å². The summed E-state index contributed by atoms with van der Waals surface area (Å²) >= 11 is 3.60. The van der Waals surface area contributed by atoms with E-state index in [4.69, 9.17) is 0 Å². The van der Waals surface area contributed by atoms with E-state index in [1.165, 1.54) is 27.5 Å². The fourth-order valence-corrected chi connectivity index (χ4v) is 4.88. The fourth-order valence-electron chi connectivity index (χ4n) is 4.46. The first-order chi connectivity index (χ1) is 14.6. The molecule has 0 N–H and O–H groups in total. The van der Waals surface area contributed by atoms with Crippen LogP contribution >= 0.6 is 15.9 Å². The summed E-state index contributed by atoms with van der Waals surface area (Å²) in [5, 5.41) is 2.43. The third-order valence-electron chi connectivity index (χ3n) is 5.98. The Kier molecular flexibility index (Phi) is 4.92. The number of carbonyl (C=O) groups excluding carboxylic acids is 1. The summed E-state index contributed by atoms with van der Waals surface area (Å²) in [5.74, 6) is 0.216. The number of hydrogen-bond donors (Lipinski definition) is 0. The molecule has 30 heavy (non-hydrogen) atoms. The van der Waals surface area contributed by atoms with Crippen molar-refractivity contribution in [3.63, 3.8) is 0 Å². The molecule has 1 aliphatic rings. The van der Waals surface area contributed by atoms with Gasteiger partial charge in [0.2, 0.25) is 5.91 Å². The lowest BCUT2D eigenvalue weighted by atomic mass is 9.81. The van der Waals surface area contributed by atoms with Crippen LogP contribution in [0.5, 0.6) is 0 Å². The van der Waals surface area contributed by atoms with Crippen molar-refractivity contribution in [2.75, 3.05) is 4.90 Å². The van der Waals surface area contributed by atoms with Crippen LogP contribution < -0.4 is 4.90 Å². The minimum Gasteiger partial charge on any atom is -0.308 e. The minimum atomic E-state index is 0.0466. The zero-order chi connectivity index (χ0) is 20.7. The monoisotopic (exact) mass is 455 g/mol. The zero-order valence-corrected chi connectivity index (χ0v) is 18.4. The van der Waals surface area contributed by atoms with Crippen molar-refractivity contribution in [2.45, 2.75) is 25.8 Å². The number of fused-ring (bicyclic) bond motifs is 3. The van der Waals surface area contributed by atoms with Crippen LogP contribution in [0.2, 0.25) is 0 Å². The molecule has 3 heteroatoms. The molecular weight excluding hydrogens is 434 g/mol. The second-order valence-corrected chi connectivity index (χ2v) is 8.91. The van der Waals surface area contributed by atoms with Gasteiger partial charge in [-0.05, 0) is 52.6 Å². The number of nitrogens with zero attached hydrogens (tertiary/aromatic N) is 1. The van der Waals surface area contributed by atoms with Crippen LogP contribution in [-0.2, 0) is 11.3 Å². The molecule has 0 spiro atoms. The molecule has 1 heterocycles. The molecule has 2 nitrogen and oxygen atoms in total. The van der Waals surface area contributed by atoms with E-state index in [0.717, 1.165) is 15.7 Å². The van der Waals surface area contributed by atoms with E-state index in [1.54, 1.807) is 0 Å². The number of rotatable bonds is 3. The Hall–Kier alpha value is -2.91. The summed E-state index contributed by atoms with van der Waals surface area (Å²) in [6, 6.07) is 29.5. The van der Waals surface area contributed by atoms with Gasteiger partial charge < -0.3 is 4.90 Å². The maximum absolute atomic E-state index is 13.3. The van der Waals surface area contributed by atoms with Crippen molar-refractivity contribution in [3.05, 3.63) is 112 Å². The normalized spacial score (nSPS) is 16.0. The van der Waals surface area contributed by atoms with E-state index in [9.17, 15) is 4.79 Å². The van der Waals surface area contributed by atoms with Crippen LogP contribution in [0.1, 0.15) is 34.6 Å². The van der Waals surface area contributed by atoms with Gasteiger partial charge >= 0.3 is 0 Å². The van der Waals surface area contributed by atoms with Crippen LogP contribution in [0.4, 0.5) is 5.69 Å². The van der Waals surface area contributed by atoms with E-state index >= 15 is 0 Å². The Morgan fingerprint density at radius 3 is 2.53 bits per heavy atom. The molecule has 148 valence electrons. The number of anilines is 1. The first-order valence-corrected chi connectivity index (χ1v) is 11.0. The fraction of sp³-hybridized carbons (Fsp3) is 0.148. The highest BCUT2D eigenvalue weighted by molar-refractivity contribution is 9.10. The van der Waals surface area contributed by atoms with Gasteiger partial charge in [-0.25, -0.2) is 0 Å². The summed E-state index contributed by atoms with van der Waals surface area (Å²) in [4.78, 5) is 15.3. The van der Waals surface area contributed by atoms with E-state index < -0.39 is 0 Å². The molecule has 0 bridgehead atoms. The smallest absolute Gasteiger partial charge is 0.228 e. The number of benzene rings is 4. The van der Waals surface area contributed by atoms with Gasteiger partial charge in [0.05, 0.1) is 6.54 Å². The quantitative estimate of drug-likeness (QED) is 0.326. The van der Waals surface area contributed by atoms with Crippen molar-refractivity contribution in [3.8, 4) is 0 Å². The van der Waals surface area contributed by atoms with Crippen molar-refractivity contribution in [1.82, 2.24) is 0 Å². The van der Waals surface area contributed by atoms with Gasteiger partial charge in [-0.2, -0.15) is 0 Å². The average molecular weight is 456 g/mol. The highest BCUT2D eigenvalue weighted by Gasteiger charge is 2.33. The summed E-state index contributed by atoms with van der Waals surface area (Å²) in [6.45, 7) is 2.68. The van der Waals surface area contributed by atoms with Crippen molar-refractivity contribution >= 4 is 38.3 Å². The summed E-state index contributed by atoms with van der Waals surface area (Å²) in [7, 11) is 0. The SMILES string of the molecule is Cc1ccc(CN2C(=O)CC(c3cccc(Br)c3)c3c2ccc2ccccc32)cc1. The maximum Gasteiger partial charge on any atom is 0.228 e. The second-order valence-electron chi connectivity index (χ2n) is 8.00. The number of hydrogen-bond acceptors (Lipinski definition) is 1. The molecule has 0 aliphatic carbocycles. The topological polar surface area (TPSA) is 20.3 Å². The number of aryl methyl sites for hydroxylation is 1. The third kappa shape index (κ3) is 3.44. The number of halogens is 1. The third-order valence-corrected chi connectivity index (χ3v) is 6.47.